The average Bonchev–Trinajstić information content (AvgIpc) is 3.30. The quantitative estimate of drug-likeness (QED) is 0.472. The van der Waals surface area contributed by atoms with Crippen molar-refractivity contribution in [2.45, 2.75) is 77.6 Å². The van der Waals surface area contributed by atoms with Crippen molar-refractivity contribution in [3.8, 4) is 0 Å². The Balaban J connectivity index is 1.63. The number of hydrogen-bond donors (Lipinski definition) is 0. The number of methoxy groups -OCH3 is 1. The van der Waals surface area contributed by atoms with E-state index < -0.39 is 34.1 Å². The molecule has 2 saturated heterocycles. The van der Waals surface area contributed by atoms with E-state index >= 15 is 0 Å². The van der Waals surface area contributed by atoms with Crippen LogP contribution in [-0.4, -0.2) is 36.5 Å². The summed E-state index contributed by atoms with van der Waals surface area (Å²) in [6.45, 7) is 12.6. The molecule has 4 fully saturated rings. The van der Waals surface area contributed by atoms with E-state index in [1.807, 2.05) is 19.9 Å². The molecule has 2 bridgehead atoms. The summed E-state index contributed by atoms with van der Waals surface area (Å²) < 4.78 is 23.2. The fraction of sp³-hybridized carbons (Fsp3) is 0.667. The number of furan rings is 1. The van der Waals surface area contributed by atoms with Gasteiger partial charge in [0.05, 0.1) is 32.2 Å². The number of ether oxygens (including phenoxy) is 3. The van der Waals surface area contributed by atoms with Crippen LogP contribution >= 0.6 is 0 Å². The van der Waals surface area contributed by atoms with Crippen LogP contribution < -0.4 is 0 Å². The molecule has 0 radical (unpaired) electrons. The lowest BCUT2D eigenvalue weighted by atomic mass is 9.41. The number of Topliss-reactive ketones (excluding diaryl/α,β-unsaturated/α-hetero) is 1. The number of fused-ring (bicyclic) bond motifs is 3. The van der Waals surface area contributed by atoms with Crippen LogP contribution in [0.4, 0.5) is 0 Å². The first-order chi connectivity index (χ1) is 15.9. The van der Waals surface area contributed by atoms with Crippen LogP contribution in [0.3, 0.4) is 0 Å². The van der Waals surface area contributed by atoms with E-state index in [0.717, 1.165) is 24.0 Å². The Morgan fingerprint density at radius 3 is 2.62 bits per heavy atom. The molecule has 34 heavy (non-hydrogen) atoms. The zero-order valence-corrected chi connectivity index (χ0v) is 20.6. The van der Waals surface area contributed by atoms with Gasteiger partial charge in [-0.25, -0.2) is 0 Å². The van der Waals surface area contributed by atoms with Crippen LogP contribution in [0.1, 0.15) is 71.5 Å². The Morgan fingerprint density at radius 2 is 1.97 bits per heavy atom. The van der Waals surface area contributed by atoms with Gasteiger partial charge in [-0.05, 0) is 36.3 Å². The van der Waals surface area contributed by atoms with E-state index in [-0.39, 0.29) is 48.8 Å². The summed E-state index contributed by atoms with van der Waals surface area (Å²) in [6, 6.07) is 1.82. The monoisotopic (exact) mass is 470 g/mol. The van der Waals surface area contributed by atoms with Gasteiger partial charge in [-0.15, -0.1) is 0 Å². The standard InChI is InChI=1S/C27H34O7/c1-15-17-7-9-25(4)23(16-8-10-32-14-16)33-22(30)13-27(15,25)34-20-12-19(28)24(2,3)18(26(17,20)5)11-21(29)31-6/h8,10,14,17-18,20,23H,1,7,9,11-13H2,2-6H3/t17?,18-,20-,23-,25-,26+,27-/m0/s1. The molecule has 2 aliphatic heterocycles. The fourth-order valence-corrected chi connectivity index (χ4v) is 7.88. The average molecular weight is 471 g/mol. The van der Waals surface area contributed by atoms with E-state index in [1.165, 1.54) is 7.11 Å². The lowest BCUT2D eigenvalue weighted by Crippen LogP contribution is -2.72. The normalized spacial score (nSPS) is 42.9. The summed E-state index contributed by atoms with van der Waals surface area (Å²) in [6.07, 6.45) is 4.23. The lowest BCUT2D eigenvalue weighted by molar-refractivity contribution is -0.298. The Labute approximate surface area is 200 Å². The van der Waals surface area contributed by atoms with Gasteiger partial charge in [0, 0.05) is 34.7 Å². The summed E-state index contributed by atoms with van der Waals surface area (Å²) in [4.78, 5) is 38.8. The van der Waals surface area contributed by atoms with Gasteiger partial charge in [0.25, 0.3) is 0 Å². The molecule has 1 unspecified atom stereocenters. The summed E-state index contributed by atoms with van der Waals surface area (Å²) >= 11 is 0. The zero-order valence-electron chi connectivity index (χ0n) is 20.6. The molecule has 0 amide bonds. The number of rotatable bonds is 3. The SMILES string of the molecule is C=C1C2CC[C@@]3(C)[C@H](c4ccoc4)OC(=O)C[C@]13O[C@H]1CC(=O)C(C)(C)[C@H](CC(=O)OC)[C@@]21C. The molecular formula is C27H34O7. The Hall–Kier alpha value is -2.41. The molecule has 0 N–H and O–H groups in total. The third-order valence-corrected chi connectivity index (χ3v) is 9.98. The highest BCUT2D eigenvalue weighted by Crippen LogP contribution is 2.71. The predicted molar refractivity (Wildman–Crippen MR) is 121 cm³/mol. The summed E-state index contributed by atoms with van der Waals surface area (Å²) in [5.74, 6) is -0.889. The smallest absolute Gasteiger partial charge is 0.309 e. The molecule has 2 aliphatic carbocycles. The van der Waals surface area contributed by atoms with Crippen molar-refractivity contribution in [3.05, 3.63) is 36.3 Å². The molecule has 7 atom stereocenters. The number of ketones is 1. The van der Waals surface area contributed by atoms with E-state index in [4.69, 9.17) is 18.6 Å². The Kier molecular flexibility index (Phi) is 5.01. The number of carbonyl (C=O) groups excluding carboxylic acids is 3. The zero-order chi connectivity index (χ0) is 24.7. The summed E-state index contributed by atoms with van der Waals surface area (Å²) in [5.41, 5.74) is -1.05. The van der Waals surface area contributed by atoms with Crippen LogP contribution in [0.25, 0.3) is 0 Å². The topological polar surface area (TPSA) is 92.0 Å². The van der Waals surface area contributed by atoms with Crippen LogP contribution in [0.5, 0.6) is 0 Å². The van der Waals surface area contributed by atoms with Gasteiger partial charge in [-0.2, -0.15) is 0 Å². The van der Waals surface area contributed by atoms with Crippen molar-refractivity contribution in [2.24, 2.45) is 28.1 Å². The van der Waals surface area contributed by atoms with Crippen molar-refractivity contribution in [1.82, 2.24) is 0 Å². The van der Waals surface area contributed by atoms with Crippen LogP contribution in [0.2, 0.25) is 0 Å². The molecular weight excluding hydrogens is 436 g/mol. The maximum absolute atomic E-state index is 13.4. The minimum atomic E-state index is -0.949. The molecule has 7 nitrogen and oxygen atoms in total. The molecule has 2 saturated carbocycles. The maximum atomic E-state index is 13.4. The third-order valence-electron chi connectivity index (χ3n) is 9.98. The van der Waals surface area contributed by atoms with Crippen molar-refractivity contribution < 1.29 is 33.0 Å². The molecule has 1 aromatic heterocycles. The van der Waals surface area contributed by atoms with Crippen molar-refractivity contribution in [1.29, 1.82) is 0 Å². The highest BCUT2D eigenvalue weighted by atomic mass is 16.6. The van der Waals surface area contributed by atoms with Gasteiger partial charge in [0.15, 0.2) is 0 Å². The third kappa shape index (κ3) is 2.76. The van der Waals surface area contributed by atoms with Crippen LogP contribution in [0, 0.1) is 28.1 Å². The van der Waals surface area contributed by atoms with Gasteiger partial charge in [0.1, 0.15) is 17.5 Å². The van der Waals surface area contributed by atoms with Gasteiger partial charge < -0.3 is 18.6 Å². The largest absolute Gasteiger partial charge is 0.472 e. The van der Waals surface area contributed by atoms with E-state index in [9.17, 15) is 14.4 Å². The molecule has 5 rings (SSSR count). The highest BCUT2D eigenvalue weighted by Gasteiger charge is 2.73. The number of cyclic esters (lactones) is 1. The molecule has 4 aliphatic rings. The Bertz CT molecular complexity index is 1060. The number of carbonyl (C=O) groups is 3. The lowest BCUT2D eigenvalue weighted by Gasteiger charge is -2.70. The molecule has 7 heteroatoms. The minimum absolute atomic E-state index is 0.00254. The summed E-state index contributed by atoms with van der Waals surface area (Å²) in [7, 11) is 1.38. The molecule has 184 valence electrons. The van der Waals surface area contributed by atoms with Crippen LogP contribution in [0.15, 0.2) is 35.2 Å². The second kappa shape index (κ2) is 7.30. The van der Waals surface area contributed by atoms with Gasteiger partial charge in [-0.3, -0.25) is 14.4 Å². The van der Waals surface area contributed by atoms with Crippen LogP contribution in [-0.2, 0) is 28.6 Å². The summed E-state index contributed by atoms with van der Waals surface area (Å²) in [5, 5.41) is 0. The minimum Gasteiger partial charge on any atom is -0.472 e. The van der Waals surface area contributed by atoms with Crippen molar-refractivity contribution in [2.75, 3.05) is 7.11 Å². The number of hydrogen-bond acceptors (Lipinski definition) is 7. The second-order valence-electron chi connectivity index (χ2n) is 11.6. The maximum Gasteiger partial charge on any atom is 0.309 e. The highest BCUT2D eigenvalue weighted by molar-refractivity contribution is 5.87. The van der Waals surface area contributed by atoms with E-state index in [0.29, 0.717) is 0 Å². The molecule has 1 spiro atoms. The first-order valence-corrected chi connectivity index (χ1v) is 12.1. The van der Waals surface area contributed by atoms with Gasteiger partial charge in [0.2, 0.25) is 0 Å². The molecule has 3 heterocycles. The predicted octanol–water partition coefficient (Wildman–Crippen LogP) is 4.56. The van der Waals surface area contributed by atoms with Gasteiger partial charge in [-0.1, -0.05) is 34.3 Å². The molecule has 0 aromatic carbocycles. The van der Waals surface area contributed by atoms with Crippen molar-refractivity contribution in [3.63, 3.8) is 0 Å². The van der Waals surface area contributed by atoms with Gasteiger partial charge >= 0.3 is 11.9 Å². The molecule has 1 aromatic rings. The first kappa shape index (κ1) is 23.3. The van der Waals surface area contributed by atoms with E-state index in [2.05, 4.69) is 20.4 Å². The number of esters is 2. The fourth-order valence-electron chi connectivity index (χ4n) is 7.88. The second-order valence-corrected chi connectivity index (χ2v) is 11.6. The van der Waals surface area contributed by atoms with Crippen molar-refractivity contribution >= 4 is 17.7 Å². The Morgan fingerprint density at radius 1 is 1.24 bits per heavy atom. The first-order valence-electron chi connectivity index (χ1n) is 12.1. The van der Waals surface area contributed by atoms with E-state index in [1.54, 1.807) is 12.5 Å².